The Labute approximate surface area is 140 Å². The fraction of sp³-hybridized carbons (Fsp3) is 0.222. The molecule has 1 aromatic heterocycles. The molecule has 24 heavy (non-hydrogen) atoms. The highest BCUT2D eigenvalue weighted by molar-refractivity contribution is 5.55. The number of aryl methyl sites for hydroxylation is 1. The lowest BCUT2D eigenvalue weighted by Gasteiger charge is -2.13. The zero-order valence-electron chi connectivity index (χ0n) is 13.9. The number of H-pyrrole nitrogens is 1. The lowest BCUT2D eigenvalue weighted by atomic mass is 10.1. The average Bonchev–Trinajstić information content (AvgIpc) is 3.11. The van der Waals surface area contributed by atoms with E-state index in [0.29, 0.717) is 23.1 Å². The molecule has 3 aromatic rings. The maximum atomic E-state index is 6.32. The number of rotatable bonds is 5. The van der Waals surface area contributed by atoms with Gasteiger partial charge in [-0.05, 0) is 24.6 Å². The Morgan fingerprint density at radius 3 is 2.38 bits per heavy atom. The van der Waals surface area contributed by atoms with Gasteiger partial charge in [0.05, 0.1) is 20.3 Å². The normalized spacial score (nSPS) is 12.0. The van der Waals surface area contributed by atoms with Crippen molar-refractivity contribution in [2.75, 3.05) is 14.2 Å². The molecule has 3 N–H and O–H groups in total. The van der Waals surface area contributed by atoms with Gasteiger partial charge >= 0.3 is 0 Å². The van der Waals surface area contributed by atoms with Crippen molar-refractivity contribution >= 4 is 0 Å². The maximum Gasteiger partial charge on any atom is 0.181 e. The first kappa shape index (κ1) is 16.0. The van der Waals surface area contributed by atoms with Crippen LogP contribution < -0.4 is 15.2 Å². The Kier molecular flexibility index (Phi) is 4.48. The molecular formula is C18H20N4O2. The minimum atomic E-state index is -0.434. The molecule has 3 rings (SSSR count). The minimum Gasteiger partial charge on any atom is -0.493 e. The van der Waals surface area contributed by atoms with E-state index in [1.165, 1.54) is 5.56 Å². The fourth-order valence-electron chi connectivity index (χ4n) is 2.45. The van der Waals surface area contributed by atoms with Crippen LogP contribution in [-0.4, -0.2) is 29.4 Å². The summed E-state index contributed by atoms with van der Waals surface area (Å²) in [6.45, 7) is 2.04. The van der Waals surface area contributed by atoms with E-state index in [0.717, 1.165) is 11.1 Å². The molecule has 0 radical (unpaired) electrons. The van der Waals surface area contributed by atoms with Gasteiger partial charge in [0.15, 0.2) is 17.3 Å². The number of methoxy groups -OCH3 is 2. The molecule has 0 saturated carbocycles. The Hall–Kier alpha value is -2.86. The first-order valence-electron chi connectivity index (χ1n) is 7.59. The molecule has 0 spiro atoms. The van der Waals surface area contributed by atoms with Gasteiger partial charge in [0, 0.05) is 5.56 Å². The Morgan fingerprint density at radius 2 is 1.71 bits per heavy atom. The molecule has 0 amide bonds. The van der Waals surface area contributed by atoms with E-state index in [-0.39, 0.29) is 0 Å². The van der Waals surface area contributed by atoms with E-state index in [9.17, 15) is 0 Å². The number of hydrogen-bond donors (Lipinski definition) is 2. The Bertz CT molecular complexity index is 827. The van der Waals surface area contributed by atoms with Crippen molar-refractivity contribution in [2.45, 2.75) is 13.0 Å². The number of benzene rings is 2. The van der Waals surface area contributed by atoms with Crippen LogP contribution in [0, 0.1) is 6.92 Å². The molecule has 0 aliphatic rings. The van der Waals surface area contributed by atoms with Crippen molar-refractivity contribution in [3.05, 3.63) is 59.4 Å². The molecular weight excluding hydrogens is 304 g/mol. The summed E-state index contributed by atoms with van der Waals surface area (Å²) in [5.41, 5.74) is 9.32. The molecule has 0 fully saturated rings. The quantitative estimate of drug-likeness (QED) is 0.753. The van der Waals surface area contributed by atoms with Crippen LogP contribution in [0.1, 0.15) is 23.0 Å². The summed E-state index contributed by atoms with van der Waals surface area (Å²) in [5, 5.41) is 7.19. The van der Waals surface area contributed by atoms with Crippen molar-refractivity contribution in [3.63, 3.8) is 0 Å². The number of nitrogens with two attached hydrogens (primary N) is 1. The van der Waals surface area contributed by atoms with Gasteiger partial charge in [0.1, 0.15) is 5.82 Å². The highest BCUT2D eigenvalue weighted by Gasteiger charge is 2.17. The van der Waals surface area contributed by atoms with E-state index in [1.807, 2.05) is 49.4 Å². The van der Waals surface area contributed by atoms with E-state index >= 15 is 0 Å². The number of nitrogens with one attached hydrogen (secondary N) is 1. The monoisotopic (exact) mass is 324 g/mol. The van der Waals surface area contributed by atoms with Gasteiger partial charge in [-0.1, -0.05) is 35.9 Å². The summed E-state index contributed by atoms with van der Waals surface area (Å²) in [6, 6.07) is 13.2. The van der Waals surface area contributed by atoms with Crippen LogP contribution in [0.4, 0.5) is 0 Å². The van der Waals surface area contributed by atoms with Crippen molar-refractivity contribution in [1.29, 1.82) is 0 Å². The highest BCUT2D eigenvalue weighted by atomic mass is 16.5. The van der Waals surface area contributed by atoms with E-state index in [4.69, 9.17) is 15.2 Å². The largest absolute Gasteiger partial charge is 0.493 e. The summed E-state index contributed by atoms with van der Waals surface area (Å²) in [5.74, 6) is 2.51. The van der Waals surface area contributed by atoms with E-state index in [2.05, 4.69) is 15.2 Å². The van der Waals surface area contributed by atoms with Gasteiger partial charge in [-0.3, -0.25) is 5.10 Å². The maximum absolute atomic E-state index is 6.32. The van der Waals surface area contributed by atoms with Crippen LogP contribution in [0.5, 0.6) is 11.5 Å². The molecule has 1 atom stereocenters. The molecule has 0 aliphatic heterocycles. The van der Waals surface area contributed by atoms with Crippen molar-refractivity contribution in [3.8, 4) is 22.9 Å². The molecule has 124 valence electrons. The van der Waals surface area contributed by atoms with Crippen LogP contribution in [0.25, 0.3) is 11.4 Å². The van der Waals surface area contributed by atoms with Crippen molar-refractivity contribution in [1.82, 2.24) is 15.2 Å². The van der Waals surface area contributed by atoms with Crippen LogP contribution in [0.15, 0.2) is 42.5 Å². The zero-order valence-corrected chi connectivity index (χ0v) is 13.9. The summed E-state index contributed by atoms with van der Waals surface area (Å²) in [4.78, 5) is 4.52. The Balaban J connectivity index is 1.88. The summed E-state index contributed by atoms with van der Waals surface area (Å²) < 4.78 is 10.6. The van der Waals surface area contributed by atoms with Crippen LogP contribution in [-0.2, 0) is 0 Å². The second-order valence-electron chi connectivity index (χ2n) is 5.50. The molecule has 0 aliphatic carbocycles. The topological polar surface area (TPSA) is 86.0 Å². The zero-order chi connectivity index (χ0) is 17.1. The molecule has 6 heteroatoms. The fourth-order valence-corrected chi connectivity index (χ4v) is 2.45. The third-order valence-corrected chi connectivity index (χ3v) is 3.87. The average molecular weight is 324 g/mol. The van der Waals surface area contributed by atoms with Crippen LogP contribution in [0.3, 0.4) is 0 Å². The van der Waals surface area contributed by atoms with Gasteiger partial charge < -0.3 is 15.2 Å². The van der Waals surface area contributed by atoms with Crippen LogP contribution in [0.2, 0.25) is 0 Å². The Morgan fingerprint density at radius 1 is 1.00 bits per heavy atom. The lowest BCUT2D eigenvalue weighted by Crippen LogP contribution is -2.14. The highest BCUT2D eigenvalue weighted by Crippen LogP contribution is 2.30. The number of hydrogen-bond acceptors (Lipinski definition) is 5. The summed E-state index contributed by atoms with van der Waals surface area (Å²) in [7, 11) is 3.19. The molecule has 0 saturated heterocycles. The van der Waals surface area contributed by atoms with Crippen molar-refractivity contribution < 1.29 is 9.47 Å². The predicted molar refractivity (Wildman–Crippen MR) is 92.1 cm³/mol. The lowest BCUT2D eigenvalue weighted by molar-refractivity contribution is 0.354. The smallest absolute Gasteiger partial charge is 0.181 e. The molecule has 6 nitrogen and oxygen atoms in total. The van der Waals surface area contributed by atoms with Gasteiger partial charge in [0.25, 0.3) is 0 Å². The second-order valence-corrected chi connectivity index (χ2v) is 5.50. The van der Waals surface area contributed by atoms with Crippen molar-refractivity contribution in [2.24, 2.45) is 5.73 Å². The SMILES string of the molecule is COc1ccc([C@H](N)c2nc(-c3ccc(C)cc3)n[nH]2)cc1OC. The number of aromatic nitrogens is 3. The standard InChI is InChI=1S/C18H20N4O2/c1-11-4-6-12(7-5-11)17-20-18(22-21-17)16(19)13-8-9-14(23-2)15(10-13)24-3/h4-10,16H,19H2,1-3H3,(H,20,21,22)/t16-/m0/s1. The first-order chi connectivity index (χ1) is 11.6. The predicted octanol–water partition coefficient (Wildman–Crippen LogP) is 2.85. The van der Waals surface area contributed by atoms with Crippen LogP contribution >= 0.6 is 0 Å². The third-order valence-electron chi connectivity index (χ3n) is 3.87. The number of ether oxygens (including phenoxy) is 2. The molecule has 0 bridgehead atoms. The summed E-state index contributed by atoms with van der Waals surface area (Å²) in [6.07, 6.45) is 0. The van der Waals surface area contributed by atoms with E-state index < -0.39 is 6.04 Å². The van der Waals surface area contributed by atoms with Gasteiger partial charge in [-0.15, -0.1) is 0 Å². The van der Waals surface area contributed by atoms with Gasteiger partial charge in [-0.25, -0.2) is 4.98 Å². The molecule has 1 heterocycles. The number of nitrogens with zero attached hydrogens (tertiary/aromatic N) is 2. The first-order valence-corrected chi connectivity index (χ1v) is 7.59. The number of aromatic amines is 1. The van der Waals surface area contributed by atoms with Gasteiger partial charge in [-0.2, -0.15) is 5.10 Å². The molecule has 2 aromatic carbocycles. The summed E-state index contributed by atoms with van der Waals surface area (Å²) >= 11 is 0. The molecule has 0 unspecified atom stereocenters. The van der Waals surface area contributed by atoms with Gasteiger partial charge in [0.2, 0.25) is 0 Å². The van der Waals surface area contributed by atoms with E-state index in [1.54, 1.807) is 14.2 Å². The third kappa shape index (κ3) is 3.09. The minimum absolute atomic E-state index is 0.434. The second kappa shape index (κ2) is 6.72.